The third-order valence-corrected chi connectivity index (χ3v) is 11.5. The summed E-state index contributed by atoms with van der Waals surface area (Å²) < 4.78 is 2.38. The Hall–Kier alpha value is -7.62. The number of nitrogens with zero attached hydrogens (tertiary/aromatic N) is 3. The second-order valence-electron chi connectivity index (χ2n) is 15.4. The summed E-state index contributed by atoms with van der Waals surface area (Å²) in [4.78, 5) is 11.4. The summed E-state index contributed by atoms with van der Waals surface area (Å²) in [5, 5.41) is 4.82. The van der Waals surface area contributed by atoms with E-state index in [0.29, 0.717) is 5.84 Å². The number of hydrogen-bond acceptors (Lipinski definition) is 2. The number of amidine groups is 1. The van der Waals surface area contributed by atoms with Crippen LogP contribution in [0.4, 0.5) is 0 Å². The van der Waals surface area contributed by atoms with E-state index in [1.54, 1.807) is 0 Å². The summed E-state index contributed by atoms with van der Waals surface area (Å²) >= 11 is 0. The van der Waals surface area contributed by atoms with Crippen LogP contribution in [0, 0.1) is 5.92 Å². The maximum absolute atomic E-state index is 5.76. The van der Waals surface area contributed by atoms with Crippen LogP contribution in [0.25, 0.3) is 61.6 Å². The predicted octanol–water partition coefficient (Wildman–Crippen LogP) is 14.5. The van der Waals surface area contributed by atoms with Gasteiger partial charge in [-0.15, -0.1) is 0 Å². The molecule has 0 amide bonds. The third-order valence-electron chi connectivity index (χ3n) is 11.5. The van der Waals surface area contributed by atoms with Gasteiger partial charge in [-0.2, -0.15) is 0 Å². The van der Waals surface area contributed by atoms with Crippen molar-refractivity contribution >= 4 is 67.4 Å². The van der Waals surface area contributed by atoms with Crippen molar-refractivity contribution < 1.29 is 0 Å². The van der Waals surface area contributed by atoms with Crippen molar-refractivity contribution in [1.82, 2.24) is 4.57 Å². The molecule has 2 heterocycles. The van der Waals surface area contributed by atoms with Crippen molar-refractivity contribution in [2.24, 2.45) is 15.9 Å². The van der Waals surface area contributed by atoms with E-state index in [9.17, 15) is 0 Å². The summed E-state index contributed by atoms with van der Waals surface area (Å²) in [6.07, 6.45) is 7.62. The molecule has 0 spiro atoms. The molecule has 0 saturated carbocycles. The monoisotopic (exact) mass is 769 g/mol. The molecular formula is C57H43N3. The minimum absolute atomic E-state index is 0.0702. The molecule has 1 atom stereocenters. The number of fused-ring (bicyclic) bond motifs is 4. The molecule has 0 aliphatic carbocycles. The number of allylic oxidation sites excluding steroid dienone is 2. The van der Waals surface area contributed by atoms with Crippen LogP contribution in [0.15, 0.2) is 228 Å². The molecule has 3 nitrogen and oxygen atoms in total. The quantitative estimate of drug-likeness (QED) is 0.138. The van der Waals surface area contributed by atoms with Gasteiger partial charge in [0.05, 0.1) is 22.4 Å². The topological polar surface area (TPSA) is 29.6 Å². The van der Waals surface area contributed by atoms with E-state index in [2.05, 4.69) is 236 Å². The maximum Gasteiger partial charge on any atom is 0.160 e. The Morgan fingerprint density at radius 3 is 1.87 bits per heavy atom. The van der Waals surface area contributed by atoms with Crippen LogP contribution in [-0.2, 0) is 0 Å². The number of rotatable bonds is 8. The molecule has 0 radical (unpaired) electrons. The van der Waals surface area contributed by atoms with Gasteiger partial charge in [0, 0.05) is 33.5 Å². The smallest absolute Gasteiger partial charge is 0.160 e. The van der Waals surface area contributed by atoms with Crippen molar-refractivity contribution in [2.45, 2.75) is 13.3 Å². The average molecular weight is 770 g/mol. The molecule has 8 aromatic carbocycles. The average Bonchev–Trinajstić information content (AvgIpc) is 3.64. The largest absolute Gasteiger partial charge is 0.309 e. The molecule has 0 N–H and O–H groups in total. The summed E-state index contributed by atoms with van der Waals surface area (Å²) in [6, 6.07) is 73.0. The van der Waals surface area contributed by atoms with E-state index < -0.39 is 0 Å². The molecule has 0 bridgehead atoms. The van der Waals surface area contributed by atoms with Crippen molar-refractivity contribution in [3.05, 3.63) is 246 Å². The zero-order valence-corrected chi connectivity index (χ0v) is 33.5. The van der Waals surface area contributed by atoms with Gasteiger partial charge in [0.2, 0.25) is 0 Å². The minimum atomic E-state index is 0.0702. The molecule has 0 fully saturated rings. The Morgan fingerprint density at radius 2 is 1.12 bits per heavy atom. The third kappa shape index (κ3) is 7.23. The van der Waals surface area contributed by atoms with Gasteiger partial charge in [0.15, 0.2) is 5.84 Å². The summed E-state index contributed by atoms with van der Waals surface area (Å²) in [6.45, 7) is 2.30. The number of para-hydroxylation sites is 2. The lowest BCUT2D eigenvalue weighted by molar-refractivity contribution is 0.786. The first-order valence-corrected chi connectivity index (χ1v) is 20.7. The van der Waals surface area contributed by atoms with E-state index >= 15 is 0 Å². The number of aromatic nitrogens is 1. The number of hydrogen-bond donors (Lipinski definition) is 0. The second kappa shape index (κ2) is 16.3. The normalized spacial score (nSPS) is 16.8. The van der Waals surface area contributed by atoms with E-state index in [4.69, 9.17) is 9.98 Å². The van der Waals surface area contributed by atoms with Crippen LogP contribution in [0.5, 0.6) is 0 Å². The van der Waals surface area contributed by atoms with E-state index in [0.717, 1.165) is 68.0 Å². The molecule has 1 aromatic heterocycles. The zero-order chi connectivity index (χ0) is 40.3. The molecule has 1 unspecified atom stereocenters. The highest BCUT2D eigenvalue weighted by atomic mass is 15.0. The molecular weight excluding hydrogens is 727 g/mol. The first-order chi connectivity index (χ1) is 29.7. The van der Waals surface area contributed by atoms with Gasteiger partial charge in [-0.25, -0.2) is 9.98 Å². The van der Waals surface area contributed by atoms with Crippen LogP contribution >= 0.6 is 0 Å². The van der Waals surface area contributed by atoms with Crippen LogP contribution in [0.2, 0.25) is 0 Å². The summed E-state index contributed by atoms with van der Waals surface area (Å²) in [5.74, 6) is 0.737. The molecule has 1 aliphatic rings. The van der Waals surface area contributed by atoms with Crippen molar-refractivity contribution in [3.8, 4) is 5.69 Å². The predicted molar refractivity (Wildman–Crippen MR) is 256 cm³/mol. The fourth-order valence-electron chi connectivity index (χ4n) is 8.50. The maximum atomic E-state index is 5.76. The SMILES string of the molecule is CC1C/C=C(\C(=C\c2ccccc2)c2ccccc2)/N=C(/C(=C\c2cccc3ccccc23)c2ccccc2)N=C1c1ccc2c3ccccc3n(-c3ccccc3)c2c1. The van der Waals surface area contributed by atoms with Crippen molar-refractivity contribution in [2.75, 3.05) is 0 Å². The highest BCUT2D eigenvalue weighted by molar-refractivity contribution is 6.32. The van der Waals surface area contributed by atoms with Gasteiger partial charge >= 0.3 is 0 Å². The van der Waals surface area contributed by atoms with E-state index in [-0.39, 0.29) is 5.92 Å². The molecule has 9 aromatic rings. The van der Waals surface area contributed by atoms with Crippen molar-refractivity contribution in [3.63, 3.8) is 0 Å². The number of aliphatic imine (C=N–C) groups is 2. The molecule has 0 saturated heterocycles. The lowest BCUT2D eigenvalue weighted by Gasteiger charge is -2.21. The fourth-order valence-corrected chi connectivity index (χ4v) is 8.50. The molecule has 60 heavy (non-hydrogen) atoms. The van der Waals surface area contributed by atoms with Gasteiger partial charge in [-0.1, -0.05) is 195 Å². The molecule has 10 rings (SSSR count). The van der Waals surface area contributed by atoms with Crippen LogP contribution in [-0.4, -0.2) is 16.1 Å². The van der Waals surface area contributed by atoms with Crippen LogP contribution in [0.3, 0.4) is 0 Å². The van der Waals surface area contributed by atoms with Gasteiger partial charge in [0.25, 0.3) is 0 Å². The van der Waals surface area contributed by atoms with Gasteiger partial charge in [-0.05, 0) is 81.4 Å². The Labute approximate surface area is 351 Å². The highest BCUT2D eigenvalue weighted by Gasteiger charge is 2.23. The van der Waals surface area contributed by atoms with E-state index in [1.807, 2.05) is 0 Å². The van der Waals surface area contributed by atoms with Crippen molar-refractivity contribution in [1.29, 1.82) is 0 Å². The van der Waals surface area contributed by atoms with Crippen LogP contribution < -0.4 is 0 Å². The molecule has 3 heteroatoms. The Kier molecular flexibility index (Phi) is 9.99. The Balaban J connectivity index is 1.24. The molecule has 1 aliphatic heterocycles. The Bertz CT molecular complexity index is 3140. The number of benzene rings is 8. The lowest BCUT2D eigenvalue weighted by Crippen LogP contribution is -2.17. The zero-order valence-electron chi connectivity index (χ0n) is 33.5. The van der Waals surface area contributed by atoms with Gasteiger partial charge < -0.3 is 4.57 Å². The second-order valence-corrected chi connectivity index (χ2v) is 15.4. The van der Waals surface area contributed by atoms with E-state index in [1.165, 1.54) is 27.1 Å². The fraction of sp³-hybridized carbons (Fsp3) is 0.0526. The highest BCUT2D eigenvalue weighted by Crippen LogP contribution is 2.36. The van der Waals surface area contributed by atoms with Gasteiger partial charge in [0.1, 0.15) is 0 Å². The minimum Gasteiger partial charge on any atom is -0.309 e. The lowest BCUT2D eigenvalue weighted by atomic mass is 9.91. The standard InChI is InChI=1S/C57H43N3/c1-40-33-36-53(51(43-21-8-3-9-22-43)37-41-19-6-2-7-20-41)58-57(52(44-23-10-4-11-24-44)38-45-27-18-26-42-25-14-15-30-48(42)45)59-56(40)46-34-35-50-49-31-16-17-32-54(49)60(55(50)39-46)47-28-12-5-13-29-47/h2-32,34-40H,33H2,1H3/b51-37+,52-38-,53-36+,58-57-,59-56?. The Morgan fingerprint density at radius 1 is 0.517 bits per heavy atom. The first kappa shape index (κ1) is 36.7. The summed E-state index contributed by atoms with van der Waals surface area (Å²) in [5.41, 5.74) is 12.8. The van der Waals surface area contributed by atoms with Gasteiger partial charge in [-0.3, -0.25) is 0 Å². The summed E-state index contributed by atoms with van der Waals surface area (Å²) in [7, 11) is 0. The first-order valence-electron chi connectivity index (χ1n) is 20.7. The van der Waals surface area contributed by atoms with Crippen LogP contribution in [0.1, 0.15) is 41.2 Å². The molecule has 286 valence electrons.